The Morgan fingerprint density at radius 1 is 0.642 bits per heavy atom. The summed E-state index contributed by atoms with van der Waals surface area (Å²) in [6, 6.07) is 12.8. The first-order valence-corrected chi connectivity index (χ1v) is 23.5. The number of aromatic nitrogens is 4. The lowest BCUT2D eigenvalue weighted by atomic mass is 9.85. The van der Waals surface area contributed by atoms with Crippen LogP contribution in [0.4, 0.5) is 9.59 Å². The molecule has 4 aliphatic heterocycles. The summed E-state index contributed by atoms with van der Waals surface area (Å²) in [5.41, 5.74) is 5.39. The number of aliphatic hydroxyl groups excluding tert-OH is 2. The molecule has 18 nitrogen and oxygen atoms in total. The molecule has 1 unspecified atom stereocenters. The lowest BCUT2D eigenvalue weighted by Crippen LogP contribution is -2.56. The summed E-state index contributed by atoms with van der Waals surface area (Å²) in [6.07, 6.45) is 6.71. The summed E-state index contributed by atoms with van der Waals surface area (Å²) in [5.74, 6) is 0.339. The van der Waals surface area contributed by atoms with Gasteiger partial charge in [0.2, 0.25) is 11.8 Å². The maximum atomic E-state index is 14.5. The van der Waals surface area contributed by atoms with Gasteiger partial charge in [-0.15, -0.1) is 0 Å². The molecule has 8 rings (SSSR count). The number of carbonyl (C=O) groups excluding carboxylic acids is 4. The number of methoxy groups -OCH3 is 2. The van der Waals surface area contributed by atoms with Gasteiger partial charge in [0.15, 0.2) is 0 Å². The van der Waals surface area contributed by atoms with E-state index in [4.69, 9.17) is 28.9 Å². The van der Waals surface area contributed by atoms with Crippen LogP contribution in [0, 0.1) is 11.8 Å². The molecule has 0 bridgehead atoms. The molecule has 360 valence electrons. The molecule has 0 radical (unpaired) electrons. The second kappa shape index (κ2) is 21.0. The molecule has 2 aromatic heterocycles. The van der Waals surface area contributed by atoms with Crippen LogP contribution < -0.4 is 10.6 Å². The number of aromatic amines is 2. The molecule has 2 aromatic carbocycles. The predicted molar refractivity (Wildman–Crippen MR) is 246 cm³/mol. The number of rotatable bonds is 13. The number of imidazole rings is 2. The number of carbonyl (C=O) groups is 4. The molecule has 4 aliphatic rings. The Kier molecular flexibility index (Phi) is 14.9. The molecule has 0 aliphatic carbocycles. The Bertz CT molecular complexity index is 2330. The van der Waals surface area contributed by atoms with Crippen molar-refractivity contribution < 1.29 is 48.3 Å². The molecule has 10 atom stereocenters. The van der Waals surface area contributed by atoms with Gasteiger partial charge in [0.25, 0.3) is 0 Å². The molecule has 4 aromatic rings. The second-order valence-corrected chi connectivity index (χ2v) is 18.6. The number of H-pyrrole nitrogens is 2. The molecule has 4 saturated heterocycles. The number of amides is 4. The maximum Gasteiger partial charge on any atom is 0.407 e. The highest BCUT2D eigenvalue weighted by molar-refractivity contribution is 5.88. The van der Waals surface area contributed by atoms with Crippen molar-refractivity contribution in [3.63, 3.8) is 0 Å². The minimum atomic E-state index is -0.853. The summed E-state index contributed by atoms with van der Waals surface area (Å²) in [6.45, 7) is 5.96. The van der Waals surface area contributed by atoms with Crippen molar-refractivity contribution in [2.45, 2.75) is 127 Å². The SMILES string of the molecule is COC(=O)N[C@H](C(=O)N1[C@@H](CO)CC[C@H]1c1ncc(-c2ccc(-c3ccc(-c4cnc([C@@H]5CC[C@H](CO)N5C(=O)[C@@H](NC(=O)OC)C5C[C@@H](C)O[C@H](C)C5)[nH]4)cc3)cc2)[nH]1)C1CCO[C@H](C)C1. The Balaban J connectivity index is 0.948. The number of alkyl carbamates (subject to hydrolysis) is 2. The van der Waals surface area contributed by atoms with Crippen molar-refractivity contribution >= 4 is 24.0 Å². The van der Waals surface area contributed by atoms with E-state index in [2.05, 4.69) is 20.6 Å². The van der Waals surface area contributed by atoms with Gasteiger partial charge in [-0.25, -0.2) is 19.6 Å². The van der Waals surface area contributed by atoms with Gasteiger partial charge in [0, 0.05) is 6.61 Å². The van der Waals surface area contributed by atoms with Gasteiger partial charge in [0.1, 0.15) is 23.7 Å². The number of hydrogen-bond acceptors (Lipinski definition) is 12. The number of benzene rings is 2. The topological polar surface area (TPSA) is 234 Å². The van der Waals surface area contributed by atoms with Crippen molar-refractivity contribution in [3.8, 4) is 33.6 Å². The zero-order valence-corrected chi connectivity index (χ0v) is 38.9. The minimum absolute atomic E-state index is 0.0569. The average molecular weight is 925 g/mol. The van der Waals surface area contributed by atoms with Crippen LogP contribution in [0.15, 0.2) is 60.9 Å². The fourth-order valence-corrected chi connectivity index (χ4v) is 10.8. The minimum Gasteiger partial charge on any atom is -0.453 e. The number of aliphatic hydroxyl groups is 2. The van der Waals surface area contributed by atoms with E-state index >= 15 is 0 Å². The highest BCUT2D eigenvalue weighted by Gasteiger charge is 2.47. The summed E-state index contributed by atoms with van der Waals surface area (Å²) in [7, 11) is 2.55. The monoisotopic (exact) mass is 924 g/mol. The molecule has 67 heavy (non-hydrogen) atoms. The van der Waals surface area contributed by atoms with E-state index in [0.717, 1.165) is 33.6 Å². The third-order valence-corrected chi connectivity index (χ3v) is 14.1. The van der Waals surface area contributed by atoms with Crippen LogP contribution in [0.5, 0.6) is 0 Å². The van der Waals surface area contributed by atoms with Gasteiger partial charge in [-0.1, -0.05) is 48.5 Å². The number of likely N-dealkylation sites (tertiary alicyclic amines) is 2. The summed E-state index contributed by atoms with van der Waals surface area (Å²) >= 11 is 0. The Labute approximate surface area is 390 Å². The van der Waals surface area contributed by atoms with Crippen LogP contribution in [-0.4, -0.2) is 140 Å². The second-order valence-electron chi connectivity index (χ2n) is 18.6. The number of nitrogens with one attached hydrogen (secondary N) is 4. The van der Waals surface area contributed by atoms with E-state index in [1.54, 1.807) is 22.2 Å². The molecule has 6 N–H and O–H groups in total. The molecule has 6 heterocycles. The van der Waals surface area contributed by atoms with E-state index in [-0.39, 0.29) is 55.2 Å². The van der Waals surface area contributed by atoms with Crippen molar-refractivity contribution in [3.05, 3.63) is 72.6 Å². The first-order valence-electron chi connectivity index (χ1n) is 23.5. The first kappa shape index (κ1) is 47.7. The highest BCUT2D eigenvalue weighted by atomic mass is 16.5. The standard InChI is InChI=1S/C49H64N8O10/c1-27-20-34(18-19-66-27)42(54-48(62)64-4)46(60)56-36(25-58)14-16-40(56)44-50-23-38(52-44)32-10-6-30(7-11-32)31-8-12-33(13-9-31)39-24-51-45(53-39)41-17-15-37(26-59)57(41)47(61)43(55-49(63)65-5)35-21-28(2)67-29(3)22-35/h6-13,23-24,27-29,34-37,40-43,58-59H,14-22,25-26H2,1-5H3,(H,50,52)(H,51,53)(H,54,62)(H,55,63)/t27-,28-,29-,34?,36-,37-,40+,41+,42+,43+/m1/s1. The van der Waals surface area contributed by atoms with Gasteiger partial charge < -0.3 is 59.6 Å². The van der Waals surface area contributed by atoms with Crippen molar-refractivity contribution in [1.82, 2.24) is 40.4 Å². The van der Waals surface area contributed by atoms with Crippen LogP contribution in [0.25, 0.3) is 33.6 Å². The largest absolute Gasteiger partial charge is 0.453 e. The van der Waals surface area contributed by atoms with E-state index in [1.807, 2.05) is 69.3 Å². The summed E-state index contributed by atoms with van der Waals surface area (Å²) in [5, 5.41) is 26.4. The smallest absolute Gasteiger partial charge is 0.407 e. The Hall–Kier alpha value is -5.82. The third kappa shape index (κ3) is 10.4. The molecule has 0 saturated carbocycles. The first-order chi connectivity index (χ1) is 32.4. The van der Waals surface area contributed by atoms with Gasteiger partial charge in [-0.2, -0.15) is 0 Å². The van der Waals surface area contributed by atoms with Gasteiger partial charge in [0.05, 0.1) is 93.7 Å². The van der Waals surface area contributed by atoms with Crippen LogP contribution in [0.3, 0.4) is 0 Å². The van der Waals surface area contributed by atoms with Crippen molar-refractivity contribution in [2.75, 3.05) is 34.0 Å². The number of ether oxygens (including phenoxy) is 4. The van der Waals surface area contributed by atoms with Crippen LogP contribution in [0.2, 0.25) is 0 Å². The Morgan fingerprint density at radius 2 is 1.06 bits per heavy atom. The summed E-state index contributed by atoms with van der Waals surface area (Å²) < 4.78 is 21.5. The third-order valence-electron chi connectivity index (χ3n) is 14.1. The fourth-order valence-electron chi connectivity index (χ4n) is 10.8. The molecule has 4 amide bonds. The normalized spacial score (nSPS) is 27.3. The fraction of sp³-hybridized carbons (Fsp3) is 0.551. The number of nitrogens with zero attached hydrogens (tertiary/aromatic N) is 4. The van der Waals surface area contributed by atoms with Gasteiger partial charge >= 0.3 is 12.2 Å². The lowest BCUT2D eigenvalue weighted by molar-refractivity contribution is -0.142. The van der Waals surface area contributed by atoms with E-state index in [0.29, 0.717) is 69.6 Å². The van der Waals surface area contributed by atoms with Crippen LogP contribution in [-0.2, 0) is 28.5 Å². The Morgan fingerprint density at radius 3 is 1.48 bits per heavy atom. The average Bonchev–Trinajstić information content (AvgIpc) is 4.18. The molecular weight excluding hydrogens is 861 g/mol. The highest BCUT2D eigenvalue weighted by Crippen LogP contribution is 2.40. The quantitative estimate of drug-likeness (QED) is 0.0955. The van der Waals surface area contributed by atoms with Crippen molar-refractivity contribution in [1.29, 1.82) is 0 Å². The molecule has 4 fully saturated rings. The van der Waals surface area contributed by atoms with Crippen LogP contribution in [0.1, 0.15) is 95.9 Å². The zero-order chi connectivity index (χ0) is 47.4. The van der Waals surface area contributed by atoms with E-state index in [9.17, 15) is 29.4 Å². The van der Waals surface area contributed by atoms with Gasteiger partial charge in [-0.05, 0) is 106 Å². The molecular formula is C49H64N8O10. The summed E-state index contributed by atoms with van der Waals surface area (Å²) in [4.78, 5) is 73.5. The lowest BCUT2D eigenvalue weighted by Gasteiger charge is -2.39. The molecule has 18 heteroatoms. The van der Waals surface area contributed by atoms with Crippen LogP contribution >= 0.6 is 0 Å². The predicted octanol–water partition coefficient (Wildman–Crippen LogP) is 5.65. The maximum absolute atomic E-state index is 14.5. The van der Waals surface area contributed by atoms with Crippen molar-refractivity contribution in [2.24, 2.45) is 11.8 Å². The van der Waals surface area contributed by atoms with E-state index in [1.165, 1.54) is 14.2 Å². The molecule has 0 spiro atoms. The van der Waals surface area contributed by atoms with E-state index < -0.39 is 48.4 Å². The van der Waals surface area contributed by atoms with Gasteiger partial charge in [-0.3, -0.25) is 9.59 Å². The zero-order valence-electron chi connectivity index (χ0n) is 38.9. The number of hydrogen-bond donors (Lipinski definition) is 6.